The Labute approximate surface area is 352 Å². The van der Waals surface area contributed by atoms with Crippen molar-refractivity contribution >= 4 is 22.7 Å². The van der Waals surface area contributed by atoms with E-state index in [0.29, 0.717) is 4.48 Å². The van der Waals surface area contributed by atoms with Gasteiger partial charge in [-0.2, -0.15) is 4.48 Å². The van der Waals surface area contributed by atoms with E-state index in [9.17, 15) is 0 Å². The van der Waals surface area contributed by atoms with E-state index in [1.807, 2.05) is 0 Å². The first-order valence-corrected chi connectivity index (χ1v) is 21.8. The molecule has 0 aliphatic rings. The molecule has 0 aromatic heterocycles. The first kappa shape index (κ1) is 46.5. The minimum absolute atomic E-state index is 0.0663. The molecule has 0 bridgehead atoms. The largest absolute Gasteiger partial charge is 0.194 e. The topological polar surface area (TPSA) is 0 Å². The molecule has 0 unspecified atom stereocenters. The molecule has 1 nitrogen and oxygen atoms in total. The highest BCUT2D eigenvalue weighted by Crippen LogP contribution is 2.57. The van der Waals surface area contributed by atoms with Crippen LogP contribution in [-0.4, -0.2) is 0 Å². The quantitative estimate of drug-likeness (QED) is 0.181. The molecule has 4 rings (SSSR count). The van der Waals surface area contributed by atoms with Crippen LogP contribution < -0.4 is 4.48 Å². The lowest BCUT2D eigenvalue weighted by Crippen LogP contribution is -2.36. The number of rotatable bonds is 4. The fourth-order valence-electron chi connectivity index (χ4n) is 7.58. The summed E-state index contributed by atoms with van der Waals surface area (Å²) in [6, 6.07) is 30.5. The maximum Gasteiger partial charge on any atom is 0.148 e. The van der Waals surface area contributed by atoms with E-state index >= 15 is 0 Å². The molecule has 57 heavy (non-hydrogen) atoms. The van der Waals surface area contributed by atoms with Crippen molar-refractivity contribution in [1.82, 2.24) is 4.48 Å². The van der Waals surface area contributed by atoms with Gasteiger partial charge in [-0.1, -0.05) is 190 Å². The van der Waals surface area contributed by atoms with Crippen LogP contribution in [0.4, 0.5) is 22.7 Å². The first-order valence-electron chi connectivity index (χ1n) is 21.8. The van der Waals surface area contributed by atoms with Crippen LogP contribution in [0, 0.1) is 0 Å². The van der Waals surface area contributed by atoms with E-state index in [1.165, 1.54) is 67.3 Å². The Balaban J connectivity index is 2.62. The van der Waals surface area contributed by atoms with Crippen LogP contribution in [-0.2, 0) is 43.3 Å². The first-order chi connectivity index (χ1) is 25.3. The smallest absolute Gasteiger partial charge is 0.148 e. The summed E-state index contributed by atoms with van der Waals surface area (Å²) >= 11 is 0. The van der Waals surface area contributed by atoms with Crippen molar-refractivity contribution in [1.29, 1.82) is 0 Å². The molecule has 0 heterocycles. The van der Waals surface area contributed by atoms with Crippen LogP contribution >= 0.6 is 0 Å². The number of nitrogens with zero attached hydrogens (tertiary/aromatic N) is 1. The molecule has 0 radical (unpaired) electrons. The van der Waals surface area contributed by atoms with Crippen LogP contribution in [0.3, 0.4) is 0 Å². The lowest BCUT2D eigenvalue weighted by atomic mass is 9.77. The van der Waals surface area contributed by atoms with Gasteiger partial charge in [0.25, 0.3) is 0 Å². The fourth-order valence-corrected chi connectivity index (χ4v) is 7.58. The van der Waals surface area contributed by atoms with Crippen molar-refractivity contribution in [3.63, 3.8) is 0 Å². The van der Waals surface area contributed by atoms with Gasteiger partial charge in [-0.05, 0) is 87.8 Å². The highest BCUT2D eigenvalue weighted by molar-refractivity contribution is 5.84. The Morgan fingerprint density at radius 2 is 0.298 bits per heavy atom. The monoisotopic (exact) mass is 771 g/mol. The average molecular weight is 771 g/mol. The number of benzene rings is 4. The summed E-state index contributed by atoms with van der Waals surface area (Å²) in [4.78, 5) is 0. The second-order valence-corrected chi connectivity index (χ2v) is 25.7. The summed E-state index contributed by atoms with van der Waals surface area (Å²) in [5.74, 6) is 0. The van der Waals surface area contributed by atoms with E-state index < -0.39 is 0 Å². The Hall–Kier alpha value is -3.16. The van der Waals surface area contributed by atoms with Crippen molar-refractivity contribution < 1.29 is 0 Å². The van der Waals surface area contributed by atoms with Crippen molar-refractivity contribution in [2.45, 2.75) is 209 Å². The van der Waals surface area contributed by atoms with Crippen molar-refractivity contribution in [3.8, 4) is 0 Å². The van der Waals surface area contributed by atoms with Gasteiger partial charge in [-0.15, -0.1) is 0 Å². The van der Waals surface area contributed by atoms with E-state index in [2.05, 4.69) is 239 Å². The summed E-state index contributed by atoms with van der Waals surface area (Å²) in [5.41, 5.74) is 15.5. The number of hydrogen-bond donors (Lipinski definition) is 0. The van der Waals surface area contributed by atoms with Gasteiger partial charge < -0.3 is 0 Å². The van der Waals surface area contributed by atoms with Crippen molar-refractivity contribution in [3.05, 3.63) is 117 Å². The average Bonchev–Trinajstić information content (AvgIpc) is 3.01. The van der Waals surface area contributed by atoms with Gasteiger partial charge in [-0.25, -0.2) is 0 Å². The molecule has 0 saturated carbocycles. The van der Waals surface area contributed by atoms with Gasteiger partial charge >= 0.3 is 0 Å². The third kappa shape index (κ3) is 10.0. The van der Waals surface area contributed by atoms with Crippen molar-refractivity contribution in [2.24, 2.45) is 0 Å². The summed E-state index contributed by atoms with van der Waals surface area (Å²) in [5, 5.41) is 0. The Kier molecular flexibility index (Phi) is 11.9. The standard InChI is InChI=1S/C56H84N/c1-49(2,3)37-25-38(50(4,5)6)30-45(29-37)57(46-31-39(51(7,8)9)26-40(32-46)52(10,11)12,47-33-41(53(13,14)15)27-42(34-47)54(16,17)18)48-35-43(55(19,20)21)28-44(36-48)56(22,23)24/h25-36H,1-24H3/q+1. The van der Waals surface area contributed by atoms with Gasteiger partial charge in [0.15, 0.2) is 0 Å². The van der Waals surface area contributed by atoms with Crippen LogP contribution in [0.1, 0.15) is 211 Å². The third-order valence-corrected chi connectivity index (χ3v) is 12.1. The summed E-state index contributed by atoms with van der Waals surface area (Å²) < 4.78 is 0.472. The molecule has 312 valence electrons. The second-order valence-electron chi connectivity index (χ2n) is 25.7. The van der Waals surface area contributed by atoms with Crippen LogP contribution in [0.2, 0.25) is 0 Å². The highest BCUT2D eigenvalue weighted by atomic mass is 15.4. The predicted octanol–water partition coefficient (Wildman–Crippen LogP) is 17.4. The molecule has 0 aliphatic carbocycles. The zero-order valence-electron chi connectivity index (χ0n) is 41.4. The van der Waals surface area contributed by atoms with Crippen LogP contribution in [0.15, 0.2) is 72.8 Å². The Morgan fingerprint density at radius 1 is 0.193 bits per heavy atom. The van der Waals surface area contributed by atoms with Crippen LogP contribution in [0.5, 0.6) is 0 Å². The molecule has 0 fully saturated rings. The van der Waals surface area contributed by atoms with Crippen LogP contribution in [0.25, 0.3) is 0 Å². The molecular weight excluding hydrogens is 687 g/mol. The van der Waals surface area contributed by atoms with Gasteiger partial charge in [0.2, 0.25) is 0 Å². The molecule has 0 saturated heterocycles. The molecule has 4 aromatic carbocycles. The molecular formula is C56H84N+. The van der Waals surface area contributed by atoms with Gasteiger partial charge in [0.1, 0.15) is 22.7 Å². The number of quaternary nitrogens is 1. The molecule has 0 amide bonds. The van der Waals surface area contributed by atoms with E-state index in [1.54, 1.807) is 0 Å². The zero-order chi connectivity index (χ0) is 43.9. The van der Waals surface area contributed by atoms with E-state index in [4.69, 9.17) is 0 Å². The SMILES string of the molecule is CC(C)(C)c1cc(C(C)(C)C)cc([N+](c2cc(C(C)(C)C)cc(C(C)(C)C)c2)(c2cc(C(C)(C)C)cc(C(C)(C)C)c2)c2cc(C(C)(C)C)cc(C(C)(C)C)c2)c1. The molecule has 0 N–H and O–H groups in total. The normalized spacial score (nSPS) is 14.3. The lowest BCUT2D eigenvalue weighted by Gasteiger charge is -2.42. The van der Waals surface area contributed by atoms with Gasteiger partial charge in [-0.3, -0.25) is 0 Å². The predicted molar refractivity (Wildman–Crippen MR) is 256 cm³/mol. The minimum atomic E-state index is -0.0663. The maximum absolute atomic E-state index is 2.57. The van der Waals surface area contributed by atoms with Gasteiger partial charge in [0, 0.05) is 48.5 Å². The summed E-state index contributed by atoms with van der Waals surface area (Å²) in [6.07, 6.45) is 0. The zero-order valence-corrected chi connectivity index (χ0v) is 41.4. The van der Waals surface area contributed by atoms with E-state index in [0.717, 1.165) is 0 Å². The molecule has 0 spiro atoms. The molecule has 0 atom stereocenters. The molecule has 4 aromatic rings. The molecule has 0 aliphatic heterocycles. The van der Waals surface area contributed by atoms with E-state index in [-0.39, 0.29) is 43.3 Å². The summed E-state index contributed by atoms with van der Waals surface area (Å²) in [6.45, 7) is 57.0. The number of hydrogen-bond acceptors (Lipinski definition) is 0. The minimum Gasteiger partial charge on any atom is -0.194 e. The van der Waals surface area contributed by atoms with Gasteiger partial charge in [0.05, 0.1) is 0 Å². The fraction of sp³-hybridized carbons (Fsp3) is 0.571. The lowest BCUT2D eigenvalue weighted by molar-refractivity contribution is 0.551. The maximum atomic E-state index is 2.57. The summed E-state index contributed by atoms with van der Waals surface area (Å²) in [7, 11) is 0. The molecule has 1 heteroatoms. The second kappa shape index (κ2) is 14.5. The Morgan fingerprint density at radius 3 is 0.386 bits per heavy atom. The Bertz CT molecular complexity index is 1640. The highest BCUT2D eigenvalue weighted by Gasteiger charge is 2.45. The van der Waals surface area contributed by atoms with Crippen molar-refractivity contribution in [2.75, 3.05) is 0 Å². The third-order valence-electron chi connectivity index (χ3n) is 12.1.